The number of Topliss-reactive ketones (excluding diaryl/α,β-unsaturated/α-hetero) is 3. The van der Waals surface area contributed by atoms with Crippen molar-refractivity contribution in [2.45, 2.75) is 135 Å². The number of nitrogens with zero attached hydrogens (tertiary/aromatic N) is 12. The van der Waals surface area contributed by atoms with Crippen LogP contribution in [0, 0.1) is 18.2 Å². The number of fused-ring (bicyclic) bond motifs is 2. The van der Waals surface area contributed by atoms with Crippen LogP contribution in [0.3, 0.4) is 0 Å². The van der Waals surface area contributed by atoms with Gasteiger partial charge in [-0.15, -0.1) is 10.2 Å². The second-order valence-electron chi connectivity index (χ2n) is 32.8. The third-order valence-electron chi connectivity index (χ3n) is 21.7. The van der Waals surface area contributed by atoms with Gasteiger partial charge in [0.15, 0.2) is 55.8 Å². The number of carbonyl (C=O) groups excluding carboxylic acids is 5. The Morgan fingerprint density at radius 2 is 1.37 bits per heavy atom. The molecule has 1 saturated heterocycles. The quantitative estimate of drug-likeness (QED) is 0.0200. The number of urea groups is 1. The fourth-order valence-corrected chi connectivity index (χ4v) is 16.6. The lowest BCUT2D eigenvalue weighted by Gasteiger charge is -2.30. The zero-order valence-corrected chi connectivity index (χ0v) is 80.0. The summed E-state index contributed by atoms with van der Waals surface area (Å²) in [6.45, 7) is 14.0. The summed E-state index contributed by atoms with van der Waals surface area (Å²) in [6, 6.07) is 61.6. The molecule has 1 fully saturated rings. The Bertz CT molecular complexity index is 6340. The van der Waals surface area contributed by atoms with E-state index < -0.39 is 39.4 Å². The molecule has 0 radical (unpaired) electrons. The van der Waals surface area contributed by atoms with Gasteiger partial charge in [0.1, 0.15) is 65.4 Å². The molecule has 3 amide bonds. The number of para-hydroxylation sites is 1. The normalized spacial score (nSPS) is 13.0. The summed E-state index contributed by atoms with van der Waals surface area (Å²) >= 11 is 7.39. The number of hydrogen-bond donors (Lipinski definition) is 3. The second-order valence-corrected chi connectivity index (χ2v) is 36.1. The number of thioether (sulfide) groups is 1. The van der Waals surface area contributed by atoms with E-state index in [9.17, 15) is 55.1 Å². The van der Waals surface area contributed by atoms with Crippen molar-refractivity contribution in [1.29, 1.82) is 0 Å². The first kappa shape index (κ1) is 103. The molecule has 2 aliphatic rings. The highest BCUT2D eigenvalue weighted by atomic mass is 35.5. The fraction of sp³-hybridized carbons (Fsp3) is 0.307. The molecule has 2 aliphatic heterocycles. The van der Waals surface area contributed by atoms with Gasteiger partial charge in [-0.2, -0.15) is 13.2 Å². The number of alkyl halides is 3. The van der Waals surface area contributed by atoms with Crippen LogP contribution in [0.15, 0.2) is 235 Å². The number of nitrogens with one attached hydrogen (secondary N) is 2. The maximum atomic E-state index is 13.0. The van der Waals surface area contributed by atoms with Gasteiger partial charge in [-0.1, -0.05) is 147 Å². The van der Waals surface area contributed by atoms with Crippen LogP contribution >= 0.6 is 23.4 Å². The van der Waals surface area contributed by atoms with Crippen LogP contribution in [-0.4, -0.2) is 166 Å². The number of carbonyl (C=O) groups is 5. The van der Waals surface area contributed by atoms with Gasteiger partial charge in [0, 0.05) is 97.3 Å². The number of benzene rings is 9. The van der Waals surface area contributed by atoms with Crippen molar-refractivity contribution in [2.24, 2.45) is 5.41 Å². The number of imidazole rings is 1. The van der Waals surface area contributed by atoms with Crippen LogP contribution in [0.25, 0.3) is 28.0 Å². The van der Waals surface area contributed by atoms with Gasteiger partial charge in [-0.25, -0.2) is 42.5 Å². The topological polar surface area (TPSA) is 329 Å². The minimum Gasteiger partial charge on any atom is -0.497 e. The monoisotopic (exact) mass is 1920 g/mol. The average molecular weight is 1920 g/mol. The van der Waals surface area contributed by atoms with Crippen LogP contribution in [0.5, 0.6) is 34.5 Å². The number of aliphatic hydroxyl groups is 1. The number of ketones is 3. The predicted octanol–water partition coefficient (Wildman–Crippen LogP) is 19.3. The van der Waals surface area contributed by atoms with Crippen LogP contribution < -0.4 is 48.9 Å². The molecule has 1 atom stereocenters. The van der Waals surface area contributed by atoms with E-state index in [1.165, 1.54) is 65.7 Å². The van der Waals surface area contributed by atoms with Gasteiger partial charge in [-0.05, 0) is 195 Å². The molecule has 13 aromatic rings. The SMILES string of the molecule is CC(=O)CC(C)(C)CC(=O)N1CCCN(c2nccc(C(F)(F)F)n2)CC1.CCCn1c(-c2cc(OC)c(OC)c(OC)c2)nc2c1C(O)NC(=O)N2Cc1ccccc1.COc1cc(CCCc2ccc(C(C)=O)cc2)ccc1OCc1ccc(F)cc1.COc1ccc(Nc2ncnc3ccc(C)cc23)cc1.CS(=O)(=O)c1ccc(Cl)c(CC(=O)CSc2nncn2-c2ccccc2)c1. The molecule has 35 heteroatoms. The van der Waals surface area contributed by atoms with Crippen LogP contribution in [-0.2, 0) is 69.4 Å². The van der Waals surface area contributed by atoms with Crippen LogP contribution in [0.2, 0.25) is 5.02 Å². The smallest absolute Gasteiger partial charge is 0.433 e. The summed E-state index contributed by atoms with van der Waals surface area (Å²) < 4.78 is 112. The van der Waals surface area contributed by atoms with E-state index >= 15 is 0 Å². The molecular weight excluding hydrogens is 1810 g/mol. The molecule has 714 valence electrons. The first-order chi connectivity index (χ1) is 65.1. The number of hydrogen-bond acceptors (Lipinski definition) is 24. The van der Waals surface area contributed by atoms with Crippen LogP contribution in [0.1, 0.15) is 128 Å². The highest BCUT2D eigenvalue weighted by molar-refractivity contribution is 7.99. The van der Waals surface area contributed by atoms with Crippen molar-refractivity contribution < 1.29 is 83.5 Å². The average Bonchev–Trinajstić information content (AvgIpc) is 1.59. The van der Waals surface area contributed by atoms with Crippen molar-refractivity contribution in [1.82, 2.24) is 54.5 Å². The van der Waals surface area contributed by atoms with E-state index in [1.54, 1.807) is 86.5 Å². The lowest BCUT2D eigenvalue weighted by molar-refractivity contribution is -0.141. The molecule has 28 nitrogen and oxygen atoms in total. The molecule has 0 bridgehead atoms. The van der Waals surface area contributed by atoms with Crippen molar-refractivity contribution in [3.8, 4) is 51.6 Å². The number of anilines is 4. The van der Waals surface area contributed by atoms with E-state index in [0.717, 1.165) is 94.7 Å². The maximum Gasteiger partial charge on any atom is 0.433 e. The highest BCUT2D eigenvalue weighted by Gasteiger charge is 2.38. The highest BCUT2D eigenvalue weighted by Crippen LogP contribution is 2.44. The summed E-state index contributed by atoms with van der Waals surface area (Å²) in [6.07, 6.45) is 4.61. The molecule has 3 N–H and O–H groups in total. The first-order valence-corrected chi connectivity index (χ1v) is 46.9. The number of methoxy groups -OCH3 is 5. The van der Waals surface area contributed by atoms with E-state index in [1.807, 2.05) is 177 Å². The fourth-order valence-electron chi connectivity index (χ4n) is 15.0. The second kappa shape index (κ2) is 48.4. The summed E-state index contributed by atoms with van der Waals surface area (Å²) in [5.74, 6) is 5.40. The Kier molecular flexibility index (Phi) is 36.5. The first-order valence-electron chi connectivity index (χ1n) is 43.6. The summed E-state index contributed by atoms with van der Waals surface area (Å²) in [4.78, 5) is 86.6. The third-order valence-corrected chi connectivity index (χ3v) is 24.2. The molecule has 6 heterocycles. The predicted molar refractivity (Wildman–Crippen MR) is 516 cm³/mol. The van der Waals surface area contributed by atoms with E-state index in [2.05, 4.69) is 53.8 Å². The van der Waals surface area contributed by atoms with E-state index in [-0.39, 0.29) is 58.5 Å². The molecule has 0 saturated carbocycles. The number of aliphatic hydroxyl groups excluding tert-OH is 1. The summed E-state index contributed by atoms with van der Waals surface area (Å²) in [5.41, 5.74) is 9.34. The van der Waals surface area contributed by atoms with E-state index in [0.29, 0.717) is 126 Å². The molecule has 0 spiro atoms. The number of aromatic nitrogens is 9. The van der Waals surface area contributed by atoms with Gasteiger partial charge in [0.05, 0.1) is 58.3 Å². The van der Waals surface area contributed by atoms with Crippen molar-refractivity contribution in [3.63, 3.8) is 0 Å². The van der Waals surface area contributed by atoms with Gasteiger partial charge < -0.3 is 63.3 Å². The number of aryl methyl sites for hydroxylation is 3. The van der Waals surface area contributed by atoms with Crippen LogP contribution in [0.4, 0.5) is 45.6 Å². The Morgan fingerprint density at radius 1 is 0.691 bits per heavy atom. The third kappa shape index (κ3) is 28.9. The Hall–Kier alpha value is -13.8. The molecule has 136 heavy (non-hydrogen) atoms. The maximum absolute atomic E-state index is 13.0. The lowest BCUT2D eigenvalue weighted by Crippen LogP contribution is -2.46. The minimum atomic E-state index is -4.52. The zero-order valence-electron chi connectivity index (χ0n) is 77.6. The molecule has 1 unspecified atom stereocenters. The number of halogens is 5. The van der Waals surface area contributed by atoms with Gasteiger partial charge in [-0.3, -0.25) is 23.9 Å². The zero-order chi connectivity index (χ0) is 97.8. The molecule has 0 aliphatic carbocycles. The number of sulfone groups is 1. The minimum absolute atomic E-state index is 0.0241. The molecular formula is C101H109ClF4N14O14S2. The van der Waals surface area contributed by atoms with E-state index in [4.69, 9.17) is 45.0 Å². The van der Waals surface area contributed by atoms with Crippen molar-refractivity contribution in [2.75, 3.05) is 88.9 Å². The van der Waals surface area contributed by atoms with Gasteiger partial charge in [0.25, 0.3) is 0 Å². The Morgan fingerprint density at radius 3 is 2.01 bits per heavy atom. The summed E-state index contributed by atoms with van der Waals surface area (Å²) in [5, 5.41) is 26.7. The number of amides is 3. The Labute approximate surface area is 797 Å². The van der Waals surface area contributed by atoms with Crippen molar-refractivity contribution in [3.05, 3.63) is 286 Å². The largest absolute Gasteiger partial charge is 0.497 e. The lowest BCUT2D eigenvalue weighted by atomic mass is 9.83. The Balaban J connectivity index is 0.000000164. The molecule has 4 aromatic heterocycles. The molecule has 15 rings (SSSR count). The van der Waals surface area contributed by atoms with Gasteiger partial charge in [0.2, 0.25) is 17.6 Å². The standard InChI is InChI=1S/C25H25FO3.C24H28N4O5.C18H16ClN3O3S2.C18H25F3N4O2.C16H15N3O/c1-18(27)22-11-6-19(7-12-22)4-3-5-20-10-15-24(25(16-20)28-2)29-17-21-8-13-23(26)14-9-21;1-5-11-27-19-22(28(24(30)26-23(19)29)14-15-9-7-6-8-10-15)25-21(27)16-12-17(31-2)20(33-4)18(13-16)32-3;1-27(24,25)16-7-8-17(19)13(10-16)9-15(23)11-26-18-21-20-12-22(18)14-5-3-2-4-6-14;1-13(26)11-17(2,3)12-15(27)24-7-4-8-25(10-9-24)16-22-6-5-14(23-16)18(19,20)21;1-11-3-8-15-14(9-11)16(18-10-17-15)19-12-4-6-13(20-2)7-5-12/h6-16H,3-5,17H2,1-2H3;6-10,12-13,23,29H,5,11,14H2,1-4H3,(H,26,30);2-8,10,12H,9,11H2,1H3;5-6H,4,7-12H2,1-3H3;3-10H,1-2H3,(H,17,18,19). The molecule has 9 aromatic carbocycles. The van der Waals surface area contributed by atoms with Gasteiger partial charge >= 0.3 is 12.2 Å². The number of rotatable bonds is 32. The van der Waals surface area contributed by atoms with Crippen molar-refractivity contribution >= 4 is 96.7 Å². The number of ether oxygens (including phenoxy) is 6. The summed E-state index contributed by atoms with van der Waals surface area (Å²) in [7, 11) is 4.58.